The molecule has 1 heterocycles. The summed E-state index contributed by atoms with van der Waals surface area (Å²) in [5.74, 6) is -3.11. The van der Waals surface area contributed by atoms with Gasteiger partial charge in [0.1, 0.15) is 0 Å². The highest BCUT2D eigenvalue weighted by molar-refractivity contribution is 6.01. The van der Waals surface area contributed by atoms with Gasteiger partial charge in [-0.1, -0.05) is 18.6 Å². The Labute approximate surface area is 198 Å². The third-order valence-corrected chi connectivity index (χ3v) is 9.45. The molecular formula is C26H33FO7. The van der Waals surface area contributed by atoms with Crippen LogP contribution in [0.4, 0.5) is 4.39 Å². The van der Waals surface area contributed by atoms with Crippen molar-refractivity contribution in [2.45, 2.75) is 89.6 Å². The van der Waals surface area contributed by atoms with Crippen LogP contribution in [-0.2, 0) is 28.6 Å². The molecule has 0 spiro atoms. The van der Waals surface area contributed by atoms with Gasteiger partial charge < -0.3 is 19.3 Å². The first-order valence-electron chi connectivity index (χ1n) is 12.1. The zero-order valence-corrected chi connectivity index (χ0v) is 20.4. The molecule has 5 rings (SSSR count). The lowest BCUT2D eigenvalue weighted by molar-refractivity contribution is -0.246. The molecule has 0 aromatic carbocycles. The zero-order valence-electron chi connectivity index (χ0n) is 20.4. The first-order valence-corrected chi connectivity index (χ1v) is 12.1. The molecule has 4 aliphatic carbocycles. The third-order valence-electron chi connectivity index (χ3n) is 9.45. The van der Waals surface area contributed by atoms with Crippen LogP contribution in [0.15, 0.2) is 23.8 Å². The molecule has 8 heteroatoms. The molecule has 1 aliphatic heterocycles. The molecule has 0 radical (unpaired) electrons. The van der Waals surface area contributed by atoms with Gasteiger partial charge in [0.15, 0.2) is 29.4 Å². The van der Waals surface area contributed by atoms with Crippen LogP contribution < -0.4 is 0 Å². The van der Waals surface area contributed by atoms with Gasteiger partial charge in [-0.25, -0.2) is 4.39 Å². The highest BCUT2D eigenvalue weighted by Crippen LogP contribution is 2.72. The number of rotatable bonds is 3. The topological polar surface area (TPSA) is 99.1 Å². The van der Waals surface area contributed by atoms with Crippen molar-refractivity contribution in [1.29, 1.82) is 0 Å². The minimum atomic E-state index is -2.01. The maximum absolute atomic E-state index is 17.3. The number of ether oxygens (including phenoxy) is 3. The van der Waals surface area contributed by atoms with Crippen molar-refractivity contribution in [1.82, 2.24) is 0 Å². The van der Waals surface area contributed by atoms with Gasteiger partial charge in [0.05, 0.1) is 12.2 Å². The monoisotopic (exact) mass is 476 g/mol. The summed E-state index contributed by atoms with van der Waals surface area (Å²) in [6.07, 6.45) is 3.81. The number of fused-ring (bicyclic) bond motifs is 7. The molecule has 7 nitrogen and oxygen atoms in total. The van der Waals surface area contributed by atoms with Crippen molar-refractivity contribution < 1.29 is 38.1 Å². The molecule has 1 N–H and O–H groups in total. The summed E-state index contributed by atoms with van der Waals surface area (Å²) < 4.78 is 34.9. The molecule has 4 fully saturated rings. The number of aliphatic hydroxyl groups is 1. The molecule has 8 atom stereocenters. The van der Waals surface area contributed by atoms with Crippen LogP contribution in [0.3, 0.4) is 0 Å². The number of aliphatic hydroxyl groups excluding tert-OH is 1. The fourth-order valence-corrected chi connectivity index (χ4v) is 8.08. The van der Waals surface area contributed by atoms with Crippen molar-refractivity contribution in [3.05, 3.63) is 23.8 Å². The maximum Gasteiger partial charge on any atom is 0.303 e. The van der Waals surface area contributed by atoms with E-state index in [0.717, 1.165) is 0 Å². The number of halogens is 1. The molecule has 0 bridgehead atoms. The van der Waals surface area contributed by atoms with Crippen LogP contribution in [0.5, 0.6) is 0 Å². The first-order chi connectivity index (χ1) is 15.7. The minimum Gasteiger partial charge on any atom is -0.458 e. The first kappa shape index (κ1) is 23.8. The van der Waals surface area contributed by atoms with E-state index in [1.165, 1.54) is 19.1 Å². The molecule has 3 saturated carbocycles. The predicted octanol–water partition coefficient (Wildman–Crippen LogP) is 2.99. The van der Waals surface area contributed by atoms with E-state index in [9.17, 15) is 19.5 Å². The Kier molecular flexibility index (Phi) is 4.96. The van der Waals surface area contributed by atoms with Crippen molar-refractivity contribution in [2.75, 3.05) is 6.61 Å². The Hall–Kier alpha value is -1.90. The van der Waals surface area contributed by atoms with Crippen molar-refractivity contribution in [3.8, 4) is 0 Å². The lowest BCUT2D eigenvalue weighted by atomic mass is 9.44. The van der Waals surface area contributed by atoms with Crippen molar-refractivity contribution in [3.63, 3.8) is 0 Å². The molecule has 1 unspecified atom stereocenters. The van der Waals surface area contributed by atoms with Crippen LogP contribution in [0.25, 0.3) is 0 Å². The summed E-state index contributed by atoms with van der Waals surface area (Å²) in [5.41, 5.74) is -4.82. The number of allylic oxidation sites excluding steroid dienone is 4. The summed E-state index contributed by atoms with van der Waals surface area (Å²) in [4.78, 5) is 37.1. The second kappa shape index (κ2) is 7.08. The summed E-state index contributed by atoms with van der Waals surface area (Å²) in [6.45, 7) is 7.86. The Morgan fingerprint density at radius 2 is 1.94 bits per heavy atom. The highest BCUT2D eigenvalue weighted by Gasteiger charge is 2.80. The number of alkyl halides is 1. The Morgan fingerprint density at radius 1 is 1.24 bits per heavy atom. The second-order valence-corrected chi connectivity index (χ2v) is 11.5. The van der Waals surface area contributed by atoms with Crippen molar-refractivity contribution >= 4 is 17.5 Å². The van der Waals surface area contributed by atoms with Gasteiger partial charge in [-0.3, -0.25) is 14.4 Å². The van der Waals surface area contributed by atoms with E-state index < -0.39 is 64.4 Å². The van der Waals surface area contributed by atoms with Gasteiger partial charge in [0.25, 0.3) is 0 Å². The number of Topliss-reactive ketones (excluding diaryl/α,β-unsaturated/α-hetero) is 1. The quantitative estimate of drug-likeness (QED) is 0.625. The van der Waals surface area contributed by atoms with Crippen LogP contribution in [0.1, 0.15) is 60.3 Å². The summed E-state index contributed by atoms with van der Waals surface area (Å²) >= 11 is 0. The minimum absolute atomic E-state index is 0.0168. The number of hydrogen-bond donors (Lipinski definition) is 1. The standard InChI is InChI=1S/C26H33FO7/c1-14(28)32-13-20(31)26-21(33-22(2,3)34-26)11-18-17-7-6-15-10-16(29)8-9-23(15,4)25(17,27)19(30)12-24(18,26)5/h8-10,17-19,21,30H,6-7,11-13H2,1-5H3/t17-,18-,19-,21+,23-,24-,25?,26+/m0/s1. The van der Waals surface area contributed by atoms with E-state index in [-0.39, 0.29) is 18.1 Å². The van der Waals surface area contributed by atoms with Crippen LogP contribution in [0, 0.1) is 22.7 Å². The Bertz CT molecular complexity index is 1030. The lowest BCUT2D eigenvalue weighted by Gasteiger charge is -2.62. The van der Waals surface area contributed by atoms with E-state index in [0.29, 0.717) is 24.8 Å². The highest BCUT2D eigenvalue weighted by atomic mass is 19.1. The number of ketones is 2. The summed E-state index contributed by atoms with van der Waals surface area (Å²) in [7, 11) is 0. The van der Waals surface area contributed by atoms with Gasteiger partial charge in [-0.2, -0.15) is 0 Å². The zero-order chi connectivity index (χ0) is 24.9. The summed E-state index contributed by atoms with van der Waals surface area (Å²) in [6, 6.07) is 0. The van der Waals surface area contributed by atoms with Gasteiger partial charge in [-0.05, 0) is 64.5 Å². The molecular weight excluding hydrogens is 443 g/mol. The predicted molar refractivity (Wildman–Crippen MR) is 118 cm³/mol. The van der Waals surface area contributed by atoms with E-state index in [1.54, 1.807) is 26.8 Å². The average Bonchev–Trinajstić information content (AvgIpc) is 3.14. The largest absolute Gasteiger partial charge is 0.458 e. The summed E-state index contributed by atoms with van der Waals surface area (Å²) in [5, 5.41) is 11.5. The van der Waals surface area contributed by atoms with Gasteiger partial charge in [-0.15, -0.1) is 0 Å². The molecule has 186 valence electrons. The third kappa shape index (κ3) is 2.76. The van der Waals surface area contributed by atoms with E-state index in [1.807, 2.05) is 6.92 Å². The van der Waals surface area contributed by atoms with Gasteiger partial charge in [0, 0.05) is 23.7 Å². The molecule has 5 aliphatic rings. The maximum atomic E-state index is 17.3. The van der Waals surface area contributed by atoms with E-state index in [2.05, 4.69) is 0 Å². The fourth-order valence-electron chi connectivity index (χ4n) is 8.08. The molecule has 0 aromatic heterocycles. The van der Waals surface area contributed by atoms with E-state index >= 15 is 4.39 Å². The smallest absolute Gasteiger partial charge is 0.303 e. The van der Waals surface area contributed by atoms with Gasteiger partial charge in [0.2, 0.25) is 5.78 Å². The van der Waals surface area contributed by atoms with Crippen LogP contribution in [-0.4, -0.2) is 58.5 Å². The molecule has 0 aromatic rings. The number of carbonyl (C=O) groups is 3. The molecule has 0 amide bonds. The van der Waals surface area contributed by atoms with E-state index in [4.69, 9.17) is 14.2 Å². The molecule has 1 saturated heterocycles. The number of hydrogen-bond acceptors (Lipinski definition) is 7. The van der Waals surface area contributed by atoms with Gasteiger partial charge >= 0.3 is 5.97 Å². The average molecular weight is 477 g/mol. The number of carbonyl (C=O) groups excluding carboxylic acids is 3. The SMILES string of the molecule is CC(=O)OCC(=O)[C@@]12OC(C)(C)O[C@@H]1C[C@H]1[C@@H]3CCC4=CC(=O)C=C[C@]4(C)C3(F)[C@@H](O)C[C@@]12C. The Balaban J connectivity index is 1.60. The van der Waals surface area contributed by atoms with Crippen molar-refractivity contribution in [2.24, 2.45) is 22.7 Å². The lowest BCUT2D eigenvalue weighted by Crippen LogP contribution is -2.70. The second-order valence-electron chi connectivity index (χ2n) is 11.5. The Morgan fingerprint density at radius 3 is 2.62 bits per heavy atom. The van der Waals surface area contributed by atoms with Crippen LogP contribution >= 0.6 is 0 Å². The fraction of sp³-hybridized carbons (Fsp3) is 0.731. The molecule has 34 heavy (non-hydrogen) atoms. The number of esters is 1. The normalized spacial score (nSPS) is 48.3. The van der Waals surface area contributed by atoms with Crippen LogP contribution in [0.2, 0.25) is 0 Å².